The lowest BCUT2D eigenvalue weighted by Crippen LogP contribution is -2.29. The lowest BCUT2D eigenvalue weighted by Gasteiger charge is -2.07. The molecule has 1 aromatic heterocycles. The number of benzene rings is 1. The number of carboxylic acid groups (broad SMARTS) is 1. The fourth-order valence-electron chi connectivity index (χ4n) is 1.78. The van der Waals surface area contributed by atoms with E-state index in [1.54, 1.807) is 0 Å². The molecule has 2 N–H and O–H groups in total. The van der Waals surface area contributed by atoms with E-state index in [2.05, 4.69) is 25.1 Å². The number of carbonyl (C=O) groups is 2. The molecule has 12 heteroatoms. The van der Waals surface area contributed by atoms with Crippen molar-refractivity contribution >= 4 is 17.6 Å². The monoisotopic (exact) mass is 400 g/mol. The van der Waals surface area contributed by atoms with E-state index in [0.717, 1.165) is 0 Å². The Hall–Kier alpha value is -3.44. The normalized spacial score (nSPS) is 13.1. The fraction of sp³-hybridized carbons (Fsp3) is 0.312. The van der Waals surface area contributed by atoms with Gasteiger partial charge in [0.25, 0.3) is 5.91 Å². The number of halogens is 3. The molecule has 2 aromatic rings. The number of nitrogens with one attached hydrogen (secondary N) is 1. The predicted molar refractivity (Wildman–Crippen MR) is 88.4 cm³/mol. The van der Waals surface area contributed by atoms with Crippen LogP contribution in [0.5, 0.6) is 0 Å². The molecule has 1 amide bonds. The average molecular weight is 400 g/mol. The van der Waals surface area contributed by atoms with E-state index in [1.807, 2.05) is 0 Å². The molecule has 28 heavy (non-hydrogen) atoms. The molecule has 1 atom stereocenters. The van der Waals surface area contributed by atoms with E-state index in [-0.39, 0.29) is 23.5 Å². The van der Waals surface area contributed by atoms with Gasteiger partial charge in [-0.3, -0.25) is 4.79 Å². The maximum absolute atomic E-state index is 12.5. The van der Waals surface area contributed by atoms with Crippen LogP contribution in [-0.2, 0) is 15.8 Å². The summed E-state index contributed by atoms with van der Waals surface area (Å²) in [4.78, 5) is 30.7. The number of carbonyl (C=O) groups excluding carboxylic acids is 1. The highest BCUT2D eigenvalue weighted by molar-refractivity contribution is 5.97. The van der Waals surface area contributed by atoms with Crippen molar-refractivity contribution in [3.63, 3.8) is 0 Å². The standard InChI is InChI=1S/C16H15F3N4O5/c1-8(22-27-9(2)14(25)26)7-20-13(24)11-5-3-10(4-6-11)12-21-15(28-23-12)16(17,18)19/h3-6,9H,7H2,1-2H3,(H,20,24)(H,25,26). The first-order valence-electron chi connectivity index (χ1n) is 7.79. The molecule has 2 rings (SSSR count). The molecule has 0 saturated carbocycles. The highest BCUT2D eigenvalue weighted by atomic mass is 19.4. The molecule has 150 valence electrons. The highest BCUT2D eigenvalue weighted by Gasteiger charge is 2.38. The molecular formula is C16H15F3N4O5. The Morgan fingerprint density at radius 3 is 2.50 bits per heavy atom. The number of nitrogens with zero attached hydrogens (tertiary/aromatic N) is 3. The van der Waals surface area contributed by atoms with Crippen LogP contribution in [0.1, 0.15) is 30.1 Å². The lowest BCUT2D eigenvalue weighted by atomic mass is 10.1. The van der Waals surface area contributed by atoms with Crippen molar-refractivity contribution in [2.75, 3.05) is 6.54 Å². The van der Waals surface area contributed by atoms with E-state index in [9.17, 15) is 22.8 Å². The van der Waals surface area contributed by atoms with Crippen molar-refractivity contribution in [3.8, 4) is 11.4 Å². The molecule has 9 nitrogen and oxygen atoms in total. The molecule has 0 saturated heterocycles. The van der Waals surface area contributed by atoms with Crippen molar-refractivity contribution in [2.45, 2.75) is 26.1 Å². The van der Waals surface area contributed by atoms with Gasteiger partial charge in [-0.05, 0) is 26.0 Å². The van der Waals surface area contributed by atoms with Gasteiger partial charge in [0.05, 0.1) is 12.3 Å². The molecule has 0 aliphatic rings. The van der Waals surface area contributed by atoms with E-state index in [0.29, 0.717) is 5.71 Å². The summed E-state index contributed by atoms with van der Waals surface area (Å²) in [6, 6.07) is 5.50. The number of hydrogen-bond acceptors (Lipinski definition) is 7. The van der Waals surface area contributed by atoms with Crippen molar-refractivity contribution in [2.24, 2.45) is 5.16 Å². The van der Waals surface area contributed by atoms with Gasteiger partial charge in [0.15, 0.2) is 0 Å². The zero-order chi connectivity index (χ0) is 20.9. The third-order valence-electron chi connectivity index (χ3n) is 3.29. The van der Waals surface area contributed by atoms with Gasteiger partial charge in [-0.2, -0.15) is 18.2 Å². The van der Waals surface area contributed by atoms with Crippen molar-refractivity contribution in [3.05, 3.63) is 35.7 Å². The van der Waals surface area contributed by atoms with Crippen LogP contribution in [-0.4, -0.2) is 45.5 Å². The second-order valence-corrected chi connectivity index (χ2v) is 5.59. The summed E-state index contributed by atoms with van der Waals surface area (Å²) in [6.45, 7) is 2.85. The van der Waals surface area contributed by atoms with Crippen molar-refractivity contribution in [1.82, 2.24) is 15.5 Å². The van der Waals surface area contributed by atoms with E-state index < -0.39 is 30.0 Å². The Bertz CT molecular complexity index is 877. The summed E-state index contributed by atoms with van der Waals surface area (Å²) in [5, 5.41) is 18.1. The first-order valence-corrected chi connectivity index (χ1v) is 7.79. The molecule has 0 spiro atoms. The molecule has 0 radical (unpaired) electrons. The maximum Gasteiger partial charge on any atom is 0.471 e. The third kappa shape index (κ3) is 5.53. The summed E-state index contributed by atoms with van der Waals surface area (Å²) >= 11 is 0. The molecular weight excluding hydrogens is 385 g/mol. The van der Waals surface area contributed by atoms with Crippen LogP contribution >= 0.6 is 0 Å². The van der Waals surface area contributed by atoms with Gasteiger partial charge >= 0.3 is 18.0 Å². The van der Waals surface area contributed by atoms with E-state index in [1.165, 1.54) is 38.1 Å². The topological polar surface area (TPSA) is 127 Å². The molecule has 0 aliphatic heterocycles. The Kier molecular flexibility index (Phi) is 6.33. The largest absolute Gasteiger partial charge is 0.478 e. The number of alkyl halides is 3. The van der Waals surface area contributed by atoms with Crippen LogP contribution in [0.25, 0.3) is 11.4 Å². The first-order chi connectivity index (χ1) is 13.1. The summed E-state index contributed by atoms with van der Waals surface area (Å²) in [6.07, 6.45) is -5.86. The van der Waals surface area contributed by atoms with Gasteiger partial charge in [0.1, 0.15) is 0 Å². The first kappa shape index (κ1) is 20.9. The average Bonchev–Trinajstić information content (AvgIpc) is 3.14. The summed E-state index contributed by atoms with van der Waals surface area (Å²) < 4.78 is 41.6. The third-order valence-corrected chi connectivity index (χ3v) is 3.29. The van der Waals surface area contributed by atoms with Crippen LogP contribution in [0.2, 0.25) is 0 Å². The number of amides is 1. The maximum atomic E-state index is 12.5. The zero-order valence-electron chi connectivity index (χ0n) is 14.6. The van der Waals surface area contributed by atoms with Gasteiger partial charge in [0.2, 0.25) is 11.9 Å². The number of aromatic nitrogens is 2. The van der Waals surface area contributed by atoms with Gasteiger partial charge in [-0.1, -0.05) is 22.4 Å². The lowest BCUT2D eigenvalue weighted by molar-refractivity contribution is -0.159. The van der Waals surface area contributed by atoms with Gasteiger partial charge < -0.3 is 19.8 Å². The number of oxime groups is 1. The Labute approximate surface area is 156 Å². The molecule has 0 fully saturated rings. The van der Waals surface area contributed by atoms with Crippen LogP contribution in [0.4, 0.5) is 13.2 Å². The van der Waals surface area contributed by atoms with Crippen molar-refractivity contribution in [1.29, 1.82) is 0 Å². The highest BCUT2D eigenvalue weighted by Crippen LogP contribution is 2.29. The number of aliphatic carboxylic acids is 1. The fourth-order valence-corrected chi connectivity index (χ4v) is 1.78. The number of carboxylic acids is 1. The molecule has 0 bridgehead atoms. The van der Waals surface area contributed by atoms with Crippen LogP contribution < -0.4 is 5.32 Å². The van der Waals surface area contributed by atoms with Crippen LogP contribution in [0.15, 0.2) is 33.9 Å². The van der Waals surface area contributed by atoms with Gasteiger partial charge in [0, 0.05) is 11.1 Å². The van der Waals surface area contributed by atoms with Crippen molar-refractivity contribution < 1.29 is 37.2 Å². The van der Waals surface area contributed by atoms with E-state index >= 15 is 0 Å². The predicted octanol–water partition coefficient (Wildman–Crippen LogP) is 2.35. The quantitative estimate of drug-likeness (QED) is 0.539. The smallest absolute Gasteiger partial charge is 0.471 e. The van der Waals surface area contributed by atoms with Crippen LogP contribution in [0.3, 0.4) is 0 Å². The van der Waals surface area contributed by atoms with Gasteiger partial charge in [-0.25, -0.2) is 4.79 Å². The number of hydrogen-bond donors (Lipinski definition) is 2. The summed E-state index contributed by atoms with van der Waals surface area (Å²) in [7, 11) is 0. The van der Waals surface area contributed by atoms with Gasteiger partial charge in [-0.15, -0.1) is 0 Å². The summed E-state index contributed by atoms with van der Waals surface area (Å²) in [5.41, 5.74) is 0.810. The zero-order valence-corrected chi connectivity index (χ0v) is 14.6. The molecule has 1 unspecified atom stereocenters. The number of rotatable bonds is 7. The van der Waals surface area contributed by atoms with Crippen LogP contribution in [0, 0.1) is 0 Å². The summed E-state index contributed by atoms with van der Waals surface area (Å²) in [5.74, 6) is -3.37. The minimum Gasteiger partial charge on any atom is -0.478 e. The second kappa shape index (κ2) is 8.50. The molecule has 0 aliphatic carbocycles. The minimum atomic E-state index is -4.74. The SMILES string of the molecule is CC(CNC(=O)c1ccc(-c2noc(C(F)(F)F)n2)cc1)=NOC(C)C(=O)O. The molecule has 1 aromatic carbocycles. The second-order valence-electron chi connectivity index (χ2n) is 5.59. The Morgan fingerprint density at radius 2 is 1.96 bits per heavy atom. The Balaban J connectivity index is 1.95. The van der Waals surface area contributed by atoms with E-state index in [4.69, 9.17) is 9.94 Å². The molecule has 1 heterocycles. The minimum absolute atomic E-state index is 0.00665. The Morgan fingerprint density at radius 1 is 1.32 bits per heavy atom.